The van der Waals surface area contributed by atoms with Crippen molar-refractivity contribution < 1.29 is 4.74 Å². The molecule has 2 aliphatic rings. The van der Waals surface area contributed by atoms with Crippen LogP contribution in [-0.2, 0) is 11.3 Å². The molecule has 0 aliphatic heterocycles. The van der Waals surface area contributed by atoms with Crippen molar-refractivity contribution in [2.75, 3.05) is 25.6 Å². The zero-order valence-electron chi connectivity index (χ0n) is 12.3. The third kappa shape index (κ3) is 3.58. The molecule has 1 aromatic rings. The fourth-order valence-corrected chi connectivity index (χ4v) is 3.13. The Hall–Kier alpha value is -1.07. The van der Waals surface area contributed by atoms with Gasteiger partial charge >= 0.3 is 0 Å². The Bertz CT molecular complexity index is 540. The van der Waals surface area contributed by atoms with E-state index in [1.165, 1.54) is 30.4 Å². The van der Waals surface area contributed by atoms with Crippen LogP contribution >= 0.6 is 11.6 Å². The molecule has 5 nitrogen and oxygen atoms in total. The summed E-state index contributed by atoms with van der Waals surface area (Å²) in [5.74, 6) is 2.48. The minimum Gasteiger partial charge on any atom is -0.383 e. The quantitative estimate of drug-likeness (QED) is 0.801. The fraction of sp³-hybridized carbons (Fsp3) is 0.733. The number of anilines is 1. The Morgan fingerprint density at radius 2 is 2.10 bits per heavy atom. The lowest BCUT2D eigenvalue weighted by molar-refractivity contribution is 0.182. The van der Waals surface area contributed by atoms with Gasteiger partial charge in [-0.05, 0) is 43.4 Å². The van der Waals surface area contributed by atoms with Crippen molar-refractivity contribution in [3.63, 3.8) is 0 Å². The molecule has 1 aromatic heterocycles. The van der Waals surface area contributed by atoms with Crippen LogP contribution in [0.3, 0.4) is 0 Å². The molecule has 116 valence electrons. The highest BCUT2D eigenvalue weighted by atomic mass is 35.5. The Kier molecular flexibility index (Phi) is 4.50. The van der Waals surface area contributed by atoms with Gasteiger partial charge < -0.3 is 10.1 Å². The van der Waals surface area contributed by atoms with Gasteiger partial charge in [0.05, 0.1) is 25.0 Å². The van der Waals surface area contributed by atoms with Gasteiger partial charge in [0.2, 0.25) is 0 Å². The van der Waals surface area contributed by atoms with E-state index in [9.17, 15) is 4.79 Å². The molecule has 3 rings (SSSR count). The second-order valence-electron chi connectivity index (χ2n) is 6.11. The van der Waals surface area contributed by atoms with Gasteiger partial charge in [-0.2, -0.15) is 5.10 Å². The highest BCUT2D eigenvalue weighted by Crippen LogP contribution is 2.49. The van der Waals surface area contributed by atoms with E-state index in [-0.39, 0.29) is 10.6 Å². The summed E-state index contributed by atoms with van der Waals surface area (Å²) in [4.78, 5) is 12.1. The number of methoxy groups -OCH3 is 1. The molecular formula is C15H22ClN3O2. The molecule has 0 amide bonds. The van der Waals surface area contributed by atoms with Crippen molar-refractivity contribution >= 4 is 17.3 Å². The number of rotatable bonds is 8. The number of aromatic nitrogens is 2. The molecule has 0 atom stereocenters. The predicted molar refractivity (Wildman–Crippen MR) is 82.8 cm³/mol. The average Bonchev–Trinajstić information content (AvgIpc) is 3.36. The van der Waals surface area contributed by atoms with Crippen molar-refractivity contribution in [2.45, 2.75) is 32.2 Å². The maximum absolute atomic E-state index is 12.1. The van der Waals surface area contributed by atoms with Gasteiger partial charge in [0.15, 0.2) is 0 Å². The number of hydrogen-bond donors (Lipinski definition) is 1. The summed E-state index contributed by atoms with van der Waals surface area (Å²) < 4.78 is 6.30. The smallest absolute Gasteiger partial charge is 0.287 e. The summed E-state index contributed by atoms with van der Waals surface area (Å²) >= 11 is 6.17. The summed E-state index contributed by atoms with van der Waals surface area (Å²) in [5.41, 5.74) is 0.398. The molecule has 2 fully saturated rings. The zero-order chi connectivity index (χ0) is 14.8. The molecule has 0 radical (unpaired) electrons. The third-order valence-corrected chi connectivity index (χ3v) is 4.84. The first-order chi connectivity index (χ1) is 10.2. The molecule has 0 spiro atoms. The topological polar surface area (TPSA) is 56.1 Å². The van der Waals surface area contributed by atoms with Crippen LogP contribution in [0, 0.1) is 17.8 Å². The number of nitrogens with zero attached hydrogens (tertiary/aromatic N) is 2. The molecule has 2 saturated carbocycles. The van der Waals surface area contributed by atoms with Gasteiger partial charge in [0.1, 0.15) is 5.02 Å². The lowest BCUT2D eigenvalue weighted by Crippen LogP contribution is -2.27. The summed E-state index contributed by atoms with van der Waals surface area (Å²) in [6.45, 7) is 1.77. The van der Waals surface area contributed by atoms with E-state index in [0.717, 1.165) is 24.3 Å². The highest BCUT2D eigenvalue weighted by Gasteiger charge is 2.41. The molecule has 0 bridgehead atoms. The number of ether oxygens (including phenoxy) is 1. The highest BCUT2D eigenvalue weighted by molar-refractivity contribution is 6.32. The summed E-state index contributed by atoms with van der Waals surface area (Å²) in [6.07, 6.45) is 7.07. The maximum Gasteiger partial charge on any atom is 0.287 e. The third-order valence-electron chi connectivity index (χ3n) is 4.48. The van der Waals surface area contributed by atoms with E-state index in [1.807, 2.05) is 0 Å². The molecule has 2 aliphatic carbocycles. The van der Waals surface area contributed by atoms with Crippen molar-refractivity contribution in [1.29, 1.82) is 0 Å². The Balaban J connectivity index is 1.64. The molecule has 6 heteroatoms. The molecule has 0 unspecified atom stereocenters. The van der Waals surface area contributed by atoms with Crippen molar-refractivity contribution in [2.24, 2.45) is 17.8 Å². The SMILES string of the molecule is COCCn1ncc(NCC(C2CC2)C2CC2)c(Cl)c1=O. The van der Waals surface area contributed by atoms with Gasteiger partial charge in [0.25, 0.3) is 5.56 Å². The van der Waals surface area contributed by atoms with Crippen LogP contribution in [-0.4, -0.2) is 30.0 Å². The lowest BCUT2D eigenvalue weighted by atomic mass is 9.98. The fourth-order valence-electron chi connectivity index (χ4n) is 2.92. The molecular weight excluding hydrogens is 290 g/mol. The van der Waals surface area contributed by atoms with E-state index < -0.39 is 0 Å². The van der Waals surface area contributed by atoms with Crippen LogP contribution in [0.25, 0.3) is 0 Å². The minimum atomic E-state index is -0.256. The van der Waals surface area contributed by atoms with Crippen LogP contribution in [0.1, 0.15) is 25.7 Å². The monoisotopic (exact) mass is 311 g/mol. The van der Waals surface area contributed by atoms with Crippen molar-refractivity contribution in [1.82, 2.24) is 9.78 Å². The van der Waals surface area contributed by atoms with Gasteiger partial charge in [-0.1, -0.05) is 11.6 Å². The Labute approximate surface area is 129 Å². The van der Waals surface area contributed by atoms with Crippen LogP contribution < -0.4 is 10.9 Å². The molecule has 1 N–H and O–H groups in total. The number of halogens is 1. The summed E-state index contributed by atoms with van der Waals surface area (Å²) in [6, 6.07) is 0. The second-order valence-corrected chi connectivity index (χ2v) is 6.49. The molecule has 0 saturated heterocycles. The predicted octanol–water partition coefficient (Wildman–Crippen LogP) is 2.39. The summed E-state index contributed by atoms with van der Waals surface area (Å²) in [7, 11) is 1.60. The lowest BCUT2D eigenvalue weighted by Gasteiger charge is -2.17. The van der Waals surface area contributed by atoms with E-state index in [4.69, 9.17) is 16.3 Å². The first-order valence-electron chi connectivity index (χ1n) is 7.69. The van der Waals surface area contributed by atoms with Crippen LogP contribution in [0.5, 0.6) is 0 Å². The first kappa shape index (κ1) is 14.9. The molecule has 1 heterocycles. The zero-order valence-corrected chi connectivity index (χ0v) is 13.1. The van der Waals surface area contributed by atoms with E-state index >= 15 is 0 Å². The van der Waals surface area contributed by atoms with Crippen LogP contribution in [0.15, 0.2) is 11.0 Å². The van der Waals surface area contributed by atoms with Crippen LogP contribution in [0.2, 0.25) is 5.02 Å². The summed E-state index contributed by atoms with van der Waals surface area (Å²) in [5, 5.41) is 7.72. The van der Waals surface area contributed by atoms with E-state index in [2.05, 4.69) is 10.4 Å². The normalized spacial score (nSPS) is 18.2. The average molecular weight is 312 g/mol. The van der Waals surface area contributed by atoms with Crippen LogP contribution in [0.4, 0.5) is 5.69 Å². The molecule has 0 aromatic carbocycles. The van der Waals surface area contributed by atoms with Gasteiger partial charge in [-0.25, -0.2) is 4.68 Å². The number of nitrogens with one attached hydrogen (secondary N) is 1. The molecule has 21 heavy (non-hydrogen) atoms. The standard InChI is InChI=1S/C15H22ClN3O2/c1-21-7-6-19-15(20)14(16)13(9-18-19)17-8-12(10-2-3-10)11-4-5-11/h9-12,17H,2-8H2,1H3. The Morgan fingerprint density at radius 1 is 1.43 bits per heavy atom. The Morgan fingerprint density at radius 3 is 2.67 bits per heavy atom. The van der Waals surface area contributed by atoms with Gasteiger partial charge in [0, 0.05) is 13.7 Å². The van der Waals surface area contributed by atoms with Gasteiger partial charge in [-0.3, -0.25) is 4.79 Å². The van der Waals surface area contributed by atoms with Crippen molar-refractivity contribution in [3.8, 4) is 0 Å². The largest absolute Gasteiger partial charge is 0.383 e. The maximum atomic E-state index is 12.1. The second kappa shape index (κ2) is 6.36. The first-order valence-corrected chi connectivity index (χ1v) is 8.07. The van der Waals surface area contributed by atoms with Crippen molar-refractivity contribution in [3.05, 3.63) is 21.6 Å². The minimum absolute atomic E-state index is 0.228. The van der Waals surface area contributed by atoms with E-state index in [0.29, 0.717) is 18.8 Å². The number of hydrogen-bond acceptors (Lipinski definition) is 4. The van der Waals surface area contributed by atoms with Gasteiger partial charge in [-0.15, -0.1) is 0 Å². The van der Waals surface area contributed by atoms with E-state index in [1.54, 1.807) is 13.3 Å².